The topological polar surface area (TPSA) is 23.8 Å². The van der Waals surface area contributed by atoms with Gasteiger partial charge in [-0.25, -0.2) is 0 Å². The van der Waals surface area contributed by atoms with Gasteiger partial charge in [-0.1, -0.05) is 30.7 Å². The number of fused-ring (bicyclic) bond motifs is 4. The predicted octanol–water partition coefficient (Wildman–Crippen LogP) is 5.32. The van der Waals surface area contributed by atoms with Crippen LogP contribution < -0.4 is 0 Å². The molecule has 4 rings (SSSR count). The Morgan fingerprint density at radius 3 is 2.86 bits per heavy atom. The van der Waals surface area contributed by atoms with E-state index in [2.05, 4.69) is 25.6 Å². The molecule has 2 fully saturated rings. The van der Waals surface area contributed by atoms with Crippen molar-refractivity contribution in [3.63, 3.8) is 0 Å². The molecule has 0 amide bonds. The third-order valence-corrected chi connectivity index (χ3v) is 7.01. The third kappa shape index (κ3) is 1.81. The van der Waals surface area contributed by atoms with Crippen LogP contribution in [0.4, 0.5) is 0 Å². The number of hydrogen-bond acceptors (Lipinski definition) is 1. The second-order valence-electron chi connectivity index (χ2n) is 7.85. The summed E-state index contributed by atoms with van der Waals surface area (Å²) in [5.41, 5.74) is 6.68. The minimum atomic E-state index is 0.295. The summed E-state index contributed by atoms with van der Waals surface area (Å²) in [6.45, 7) is 6.57. The van der Waals surface area contributed by atoms with E-state index >= 15 is 0 Å². The average molecular weight is 279 g/mol. The molecule has 0 radical (unpaired) electrons. The van der Waals surface area contributed by atoms with Crippen molar-refractivity contribution < 1.29 is 0 Å². The van der Waals surface area contributed by atoms with Gasteiger partial charge in [-0.15, -0.1) is 0 Å². The Kier molecular flexibility index (Phi) is 2.93. The van der Waals surface area contributed by atoms with Gasteiger partial charge in [0.1, 0.15) is 0 Å². The molecule has 1 heteroatoms. The van der Waals surface area contributed by atoms with Crippen LogP contribution in [0.15, 0.2) is 34.9 Å². The zero-order valence-corrected chi connectivity index (χ0v) is 13.1. The first-order valence-corrected chi connectivity index (χ1v) is 8.64. The number of hydrogen-bond donors (Lipinski definition) is 0. The number of allylic oxidation sites excluding steroid dienone is 5. The van der Waals surface area contributed by atoms with Crippen LogP contribution in [-0.2, 0) is 0 Å². The Labute approximate surface area is 128 Å². The van der Waals surface area contributed by atoms with Crippen LogP contribution in [-0.4, -0.2) is 0 Å². The Morgan fingerprint density at radius 2 is 2.05 bits per heavy atom. The van der Waals surface area contributed by atoms with Crippen LogP contribution in [0.3, 0.4) is 0 Å². The first-order chi connectivity index (χ1) is 10.1. The molecule has 4 unspecified atom stereocenters. The van der Waals surface area contributed by atoms with E-state index in [1.807, 2.05) is 0 Å². The largest absolute Gasteiger partial charge is 0.198 e. The van der Waals surface area contributed by atoms with E-state index in [-0.39, 0.29) is 0 Å². The summed E-state index contributed by atoms with van der Waals surface area (Å²) in [4.78, 5) is 0. The zero-order chi connectivity index (χ0) is 14.6. The molecule has 1 nitrogen and oxygen atoms in total. The van der Waals surface area contributed by atoms with Crippen molar-refractivity contribution in [2.45, 2.75) is 58.3 Å². The smallest absolute Gasteiger partial charge is 0.0661 e. The maximum absolute atomic E-state index is 9.50. The molecule has 0 saturated heterocycles. The van der Waals surface area contributed by atoms with Crippen LogP contribution in [0.2, 0.25) is 0 Å². The van der Waals surface area contributed by atoms with Crippen molar-refractivity contribution in [3.05, 3.63) is 34.9 Å². The predicted molar refractivity (Wildman–Crippen MR) is 85.4 cm³/mol. The molecule has 0 spiro atoms. The summed E-state index contributed by atoms with van der Waals surface area (Å²) in [5, 5.41) is 9.50. The molecule has 0 bridgehead atoms. The SMILES string of the molecule is C=C1C=C2CCC3C(=C2CC1)CCC1(C)C(C#N)CCC31. The number of rotatable bonds is 0. The molecule has 0 aromatic heterocycles. The minimum absolute atomic E-state index is 0.295. The molecule has 21 heavy (non-hydrogen) atoms. The molecule has 0 aliphatic heterocycles. The molecule has 0 heterocycles. The summed E-state index contributed by atoms with van der Waals surface area (Å²) in [6.07, 6.45) is 12.2. The van der Waals surface area contributed by atoms with Crippen LogP contribution in [0.1, 0.15) is 58.3 Å². The van der Waals surface area contributed by atoms with Gasteiger partial charge in [0.15, 0.2) is 0 Å². The fourth-order valence-electron chi connectivity index (χ4n) is 5.83. The van der Waals surface area contributed by atoms with Crippen molar-refractivity contribution in [2.24, 2.45) is 23.2 Å². The second-order valence-corrected chi connectivity index (χ2v) is 7.85. The summed E-state index contributed by atoms with van der Waals surface area (Å²) < 4.78 is 0. The lowest BCUT2D eigenvalue weighted by Gasteiger charge is -2.48. The molecule has 0 N–H and O–H groups in total. The van der Waals surface area contributed by atoms with E-state index < -0.39 is 0 Å². The second kappa shape index (κ2) is 4.60. The Bertz CT molecular complexity index is 600. The highest BCUT2D eigenvalue weighted by atomic mass is 14.6. The van der Waals surface area contributed by atoms with Crippen molar-refractivity contribution in [1.82, 2.24) is 0 Å². The van der Waals surface area contributed by atoms with Gasteiger partial charge in [0.2, 0.25) is 0 Å². The van der Waals surface area contributed by atoms with E-state index in [0.29, 0.717) is 11.3 Å². The van der Waals surface area contributed by atoms with Crippen molar-refractivity contribution in [3.8, 4) is 6.07 Å². The third-order valence-electron chi connectivity index (χ3n) is 7.01. The molecule has 110 valence electrons. The summed E-state index contributed by atoms with van der Waals surface area (Å²) in [6, 6.07) is 2.62. The van der Waals surface area contributed by atoms with Gasteiger partial charge in [-0.3, -0.25) is 0 Å². The van der Waals surface area contributed by atoms with Crippen LogP contribution in [0.25, 0.3) is 0 Å². The lowest BCUT2D eigenvalue weighted by Crippen LogP contribution is -2.39. The molecule has 0 aromatic carbocycles. The van der Waals surface area contributed by atoms with Gasteiger partial charge in [0, 0.05) is 0 Å². The summed E-state index contributed by atoms with van der Waals surface area (Å²) in [7, 11) is 0. The molecule has 2 saturated carbocycles. The van der Waals surface area contributed by atoms with Crippen molar-refractivity contribution in [1.29, 1.82) is 5.26 Å². The lowest BCUT2D eigenvalue weighted by molar-refractivity contribution is 0.0951. The average Bonchev–Trinajstić information content (AvgIpc) is 2.83. The molecule has 4 atom stereocenters. The lowest BCUT2D eigenvalue weighted by atomic mass is 9.56. The number of nitriles is 1. The monoisotopic (exact) mass is 279 g/mol. The zero-order valence-electron chi connectivity index (χ0n) is 13.1. The van der Waals surface area contributed by atoms with E-state index in [1.165, 1.54) is 44.1 Å². The summed E-state index contributed by atoms with van der Waals surface area (Å²) >= 11 is 0. The fraction of sp³-hybridized carbons (Fsp3) is 0.650. The fourth-order valence-corrected chi connectivity index (χ4v) is 5.83. The first-order valence-electron chi connectivity index (χ1n) is 8.64. The highest BCUT2D eigenvalue weighted by molar-refractivity contribution is 5.47. The Balaban J connectivity index is 1.73. The Morgan fingerprint density at radius 1 is 1.19 bits per heavy atom. The maximum atomic E-state index is 9.50. The molecular formula is C20H25N. The van der Waals surface area contributed by atoms with Gasteiger partial charge in [-0.05, 0) is 79.8 Å². The highest BCUT2D eigenvalue weighted by Crippen LogP contribution is 2.62. The van der Waals surface area contributed by atoms with Gasteiger partial charge >= 0.3 is 0 Å². The summed E-state index contributed by atoms with van der Waals surface area (Å²) in [5.74, 6) is 1.85. The normalized spacial score (nSPS) is 41.8. The van der Waals surface area contributed by atoms with E-state index in [1.54, 1.807) is 16.7 Å². The van der Waals surface area contributed by atoms with Crippen molar-refractivity contribution >= 4 is 0 Å². The molecular weight excluding hydrogens is 254 g/mol. The molecule has 0 aromatic rings. The maximum Gasteiger partial charge on any atom is 0.0661 e. The first kappa shape index (κ1) is 13.4. The van der Waals surface area contributed by atoms with E-state index in [0.717, 1.165) is 24.7 Å². The minimum Gasteiger partial charge on any atom is -0.198 e. The van der Waals surface area contributed by atoms with E-state index in [9.17, 15) is 5.26 Å². The Hall–Kier alpha value is -1.29. The molecule has 4 aliphatic rings. The molecule has 4 aliphatic carbocycles. The number of nitrogens with zero attached hydrogens (tertiary/aromatic N) is 1. The van der Waals surface area contributed by atoms with Gasteiger partial charge in [-0.2, -0.15) is 5.26 Å². The highest BCUT2D eigenvalue weighted by Gasteiger charge is 2.53. The van der Waals surface area contributed by atoms with Crippen LogP contribution >= 0.6 is 0 Å². The van der Waals surface area contributed by atoms with Gasteiger partial charge in [0.05, 0.1) is 12.0 Å². The van der Waals surface area contributed by atoms with Crippen LogP contribution in [0.5, 0.6) is 0 Å². The van der Waals surface area contributed by atoms with Gasteiger partial charge < -0.3 is 0 Å². The standard InChI is InChI=1S/C20H25N/c1-13-3-6-16-14(11-13)4-7-18-17(16)9-10-20(2)15(12-21)5-8-19(18)20/h11,15,18-19H,1,3-10H2,2H3. The van der Waals surface area contributed by atoms with Gasteiger partial charge in [0.25, 0.3) is 0 Å². The van der Waals surface area contributed by atoms with Crippen molar-refractivity contribution in [2.75, 3.05) is 0 Å². The quantitative estimate of drug-likeness (QED) is 0.588. The van der Waals surface area contributed by atoms with Crippen LogP contribution in [0, 0.1) is 34.5 Å². The van der Waals surface area contributed by atoms with E-state index in [4.69, 9.17) is 0 Å².